The Morgan fingerprint density at radius 2 is 1.89 bits per heavy atom. The fraction of sp³-hybridized carbons (Fsp3) is 0.286. The van der Waals surface area contributed by atoms with Crippen LogP contribution in [0, 0.1) is 6.92 Å². The van der Waals surface area contributed by atoms with Crippen LogP contribution in [-0.4, -0.2) is 41.8 Å². The van der Waals surface area contributed by atoms with E-state index in [9.17, 15) is 4.79 Å². The van der Waals surface area contributed by atoms with Gasteiger partial charge in [0, 0.05) is 20.2 Å². The van der Waals surface area contributed by atoms with E-state index >= 15 is 0 Å². The predicted molar refractivity (Wildman–Crippen MR) is 72.9 cm³/mol. The highest BCUT2D eigenvalue weighted by Crippen LogP contribution is 2.20. The van der Waals surface area contributed by atoms with Gasteiger partial charge in [-0.15, -0.1) is 0 Å². The lowest BCUT2D eigenvalue weighted by Crippen LogP contribution is -2.22. The maximum atomic E-state index is 11.9. The summed E-state index contributed by atoms with van der Waals surface area (Å²) in [5.41, 5.74) is 2.39. The molecule has 1 aromatic heterocycles. The summed E-state index contributed by atoms with van der Waals surface area (Å²) < 4.78 is 6.89. The van der Waals surface area contributed by atoms with Crippen LogP contribution >= 0.6 is 0 Å². The molecule has 19 heavy (non-hydrogen) atoms. The number of ether oxygens (including phenoxy) is 1. The first kappa shape index (κ1) is 13.1. The number of amides is 1. The normalized spacial score (nSPS) is 10.3. The molecule has 0 bridgehead atoms. The molecule has 0 N–H and O–H groups in total. The number of carbonyl (C=O) groups excluding carboxylic acids is 1. The summed E-state index contributed by atoms with van der Waals surface area (Å²) in [4.78, 5) is 13.4. The van der Waals surface area contributed by atoms with Gasteiger partial charge in [-0.3, -0.25) is 4.79 Å². The summed E-state index contributed by atoms with van der Waals surface area (Å²) in [7, 11) is 4.95. The Kier molecular flexibility index (Phi) is 3.55. The van der Waals surface area contributed by atoms with Gasteiger partial charge in [0.25, 0.3) is 5.91 Å². The van der Waals surface area contributed by atoms with E-state index in [0.29, 0.717) is 11.6 Å². The molecule has 0 aliphatic carbocycles. The lowest BCUT2D eigenvalue weighted by molar-refractivity contribution is 0.0821. The summed E-state index contributed by atoms with van der Waals surface area (Å²) in [6, 6.07) is 9.50. The lowest BCUT2D eigenvalue weighted by Gasteiger charge is -2.07. The Morgan fingerprint density at radius 1 is 1.26 bits per heavy atom. The second-order valence-corrected chi connectivity index (χ2v) is 4.52. The van der Waals surface area contributed by atoms with Crippen LogP contribution < -0.4 is 4.74 Å². The van der Waals surface area contributed by atoms with Gasteiger partial charge >= 0.3 is 0 Å². The van der Waals surface area contributed by atoms with Crippen molar-refractivity contribution in [1.82, 2.24) is 14.7 Å². The zero-order valence-corrected chi connectivity index (χ0v) is 11.5. The van der Waals surface area contributed by atoms with Gasteiger partial charge in [-0.1, -0.05) is 17.7 Å². The van der Waals surface area contributed by atoms with Crippen molar-refractivity contribution in [3.63, 3.8) is 0 Å². The number of hydrogen-bond acceptors (Lipinski definition) is 3. The Bertz CT molecular complexity index is 585. The highest BCUT2D eigenvalue weighted by molar-refractivity contribution is 5.92. The summed E-state index contributed by atoms with van der Waals surface area (Å²) >= 11 is 0. The van der Waals surface area contributed by atoms with Crippen molar-refractivity contribution in [2.24, 2.45) is 0 Å². The lowest BCUT2D eigenvalue weighted by atomic mass is 10.2. The first-order valence-corrected chi connectivity index (χ1v) is 5.95. The molecular formula is C14H17N3O2. The van der Waals surface area contributed by atoms with Crippen LogP contribution in [0.1, 0.15) is 16.1 Å². The summed E-state index contributed by atoms with van der Waals surface area (Å²) in [6.07, 6.45) is 0. The molecule has 1 aromatic carbocycles. The van der Waals surface area contributed by atoms with E-state index in [4.69, 9.17) is 4.74 Å². The second kappa shape index (κ2) is 5.14. The van der Waals surface area contributed by atoms with E-state index in [1.165, 1.54) is 10.5 Å². The maximum absolute atomic E-state index is 11.9. The van der Waals surface area contributed by atoms with Crippen molar-refractivity contribution in [2.75, 3.05) is 21.2 Å². The summed E-state index contributed by atoms with van der Waals surface area (Å²) in [6.45, 7) is 2.02. The van der Waals surface area contributed by atoms with Gasteiger partial charge in [0.2, 0.25) is 5.88 Å². The molecule has 0 saturated carbocycles. The molecule has 0 saturated heterocycles. The average Bonchev–Trinajstić information content (AvgIpc) is 2.82. The standard InChI is InChI=1S/C14H17N3O2/c1-10-5-7-11(8-6-10)17-13(19-4)9-12(15-17)14(18)16(2)3/h5-9H,1-4H3. The molecule has 0 spiro atoms. The third-order valence-corrected chi connectivity index (χ3v) is 2.79. The number of nitrogens with zero attached hydrogens (tertiary/aromatic N) is 3. The molecule has 5 heteroatoms. The van der Waals surface area contributed by atoms with Crippen LogP contribution in [0.25, 0.3) is 5.69 Å². The fourth-order valence-corrected chi connectivity index (χ4v) is 1.71. The van der Waals surface area contributed by atoms with Crippen LogP contribution in [0.2, 0.25) is 0 Å². The van der Waals surface area contributed by atoms with Gasteiger partial charge in [-0.2, -0.15) is 5.10 Å². The number of methoxy groups -OCH3 is 1. The minimum absolute atomic E-state index is 0.149. The molecule has 1 amide bonds. The largest absolute Gasteiger partial charge is 0.481 e. The molecule has 0 radical (unpaired) electrons. The molecule has 2 rings (SSSR count). The van der Waals surface area contributed by atoms with Crippen LogP contribution in [0.3, 0.4) is 0 Å². The van der Waals surface area contributed by atoms with Gasteiger partial charge in [-0.05, 0) is 19.1 Å². The Balaban J connectivity index is 2.45. The maximum Gasteiger partial charge on any atom is 0.273 e. The van der Waals surface area contributed by atoms with Crippen molar-refractivity contribution in [3.8, 4) is 11.6 Å². The molecule has 0 atom stereocenters. The van der Waals surface area contributed by atoms with Crippen LogP contribution in [0.15, 0.2) is 30.3 Å². The van der Waals surface area contributed by atoms with E-state index in [-0.39, 0.29) is 5.91 Å². The highest BCUT2D eigenvalue weighted by atomic mass is 16.5. The molecule has 0 unspecified atom stereocenters. The smallest absolute Gasteiger partial charge is 0.273 e. The Morgan fingerprint density at radius 3 is 2.42 bits per heavy atom. The van der Waals surface area contributed by atoms with Gasteiger partial charge in [0.15, 0.2) is 5.69 Å². The molecular weight excluding hydrogens is 242 g/mol. The second-order valence-electron chi connectivity index (χ2n) is 4.52. The minimum Gasteiger partial charge on any atom is -0.481 e. The number of hydrogen-bond donors (Lipinski definition) is 0. The van der Waals surface area contributed by atoms with E-state index < -0.39 is 0 Å². The zero-order chi connectivity index (χ0) is 14.0. The van der Waals surface area contributed by atoms with Gasteiger partial charge < -0.3 is 9.64 Å². The van der Waals surface area contributed by atoms with E-state index in [1.54, 1.807) is 32.0 Å². The van der Waals surface area contributed by atoms with Crippen LogP contribution in [0.4, 0.5) is 0 Å². The third-order valence-electron chi connectivity index (χ3n) is 2.79. The van der Waals surface area contributed by atoms with Crippen LogP contribution in [-0.2, 0) is 0 Å². The first-order chi connectivity index (χ1) is 9.02. The van der Waals surface area contributed by atoms with E-state index in [1.807, 2.05) is 31.2 Å². The molecule has 1 heterocycles. The zero-order valence-electron chi connectivity index (χ0n) is 11.5. The average molecular weight is 259 g/mol. The monoisotopic (exact) mass is 259 g/mol. The van der Waals surface area contributed by atoms with Crippen LogP contribution in [0.5, 0.6) is 5.88 Å². The Labute approximate surface area is 112 Å². The summed E-state index contributed by atoms with van der Waals surface area (Å²) in [5.74, 6) is 0.387. The fourth-order valence-electron chi connectivity index (χ4n) is 1.71. The Hall–Kier alpha value is -2.30. The van der Waals surface area contributed by atoms with E-state index in [2.05, 4.69) is 5.10 Å². The molecule has 0 aliphatic heterocycles. The quantitative estimate of drug-likeness (QED) is 0.845. The third kappa shape index (κ3) is 2.59. The predicted octanol–water partition coefficient (Wildman–Crippen LogP) is 1.89. The number of carbonyl (C=O) groups is 1. The topological polar surface area (TPSA) is 47.4 Å². The van der Waals surface area contributed by atoms with Gasteiger partial charge in [-0.25, -0.2) is 4.68 Å². The van der Waals surface area contributed by atoms with Gasteiger partial charge in [0.1, 0.15) is 0 Å². The molecule has 0 aliphatic rings. The number of benzene rings is 1. The first-order valence-electron chi connectivity index (χ1n) is 5.95. The van der Waals surface area contributed by atoms with Crippen molar-refractivity contribution >= 4 is 5.91 Å². The van der Waals surface area contributed by atoms with E-state index in [0.717, 1.165) is 5.69 Å². The van der Waals surface area contributed by atoms with Crippen molar-refractivity contribution in [2.45, 2.75) is 6.92 Å². The molecule has 0 fully saturated rings. The molecule has 100 valence electrons. The number of aromatic nitrogens is 2. The molecule has 5 nitrogen and oxygen atoms in total. The van der Waals surface area contributed by atoms with Crippen molar-refractivity contribution in [3.05, 3.63) is 41.6 Å². The summed E-state index contributed by atoms with van der Waals surface area (Å²) in [5, 5.41) is 4.30. The molecule has 2 aromatic rings. The SMILES string of the molecule is COc1cc(C(=O)N(C)C)nn1-c1ccc(C)cc1. The van der Waals surface area contributed by atoms with Crippen molar-refractivity contribution < 1.29 is 9.53 Å². The highest BCUT2D eigenvalue weighted by Gasteiger charge is 2.17. The number of rotatable bonds is 3. The van der Waals surface area contributed by atoms with Crippen molar-refractivity contribution in [1.29, 1.82) is 0 Å². The minimum atomic E-state index is -0.149. The number of aryl methyl sites for hydroxylation is 1. The van der Waals surface area contributed by atoms with Gasteiger partial charge in [0.05, 0.1) is 12.8 Å².